The molecule has 1 aromatic rings. The summed E-state index contributed by atoms with van der Waals surface area (Å²) in [4.78, 5) is 16.8. The topological polar surface area (TPSA) is 89.9 Å². The van der Waals surface area contributed by atoms with Crippen LogP contribution in [0.4, 0.5) is 5.82 Å². The van der Waals surface area contributed by atoms with E-state index in [-0.39, 0.29) is 5.91 Å². The average Bonchev–Trinajstić information content (AvgIpc) is 2.39. The molecular weight excluding hydrogens is 352 g/mol. The minimum atomic E-state index is -0.586. The Hall–Kier alpha value is -0.710. The molecule has 0 aliphatic heterocycles. The first-order chi connectivity index (χ1) is 9.53. The fourth-order valence-electron chi connectivity index (χ4n) is 1.51. The highest BCUT2D eigenvalue weighted by Crippen LogP contribution is 2.27. The summed E-state index contributed by atoms with van der Waals surface area (Å²) in [5.74, 6) is 0.133. The van der Waals surface area contributed by atoms with E-state index in [1.807, 2.05) is 6.92 Å². The Morgan fingerprint density at radius 2 is 2.30 bits per heavy atom. The molecule has 1 rings (SSSR count). The summed E-state index contributed by atoms with van der Waals surface area (Å²) in [5.41, 5.74) is 1.46. The molecule has 0 aliphatic rings. The number of methoxy groups -OCH3 is 1. The highest BCUT2D eigenvalue weighted by molar-refractivity contribution is 9.09. The molecule has 0 bridgehead atoms. The van der Waals surface area contributed by atoms with E-state index in [4.69, 9.17) is 9.99 Å². The molecule has 9 heteroatoms. The number of aromatic nitrogens is 1. The minimum Gasteiger partial charge on any atom is -0.371 e. The lowest BCUT2D eigenvalue weighted by Gasteiger charge is -2.14. The fraction of sp³-hybridized carbons (Fsp3) is 0.455. The van der Waals surface area contributed by atoms with Crippen molar-refractivity contribution in [3.63, 3.8) is 0 Å². The predicted molar refractivity (Wildman–Crippen MR) is 77.6 cm³/mol. The van der Waals surface area contributed by atoms with Crippen molar-refractivity contribution >= 4 is 39.7 Å². The molecule has 2 N–H and O–H groups in total. The van der Waals surface area contributed by atoms with E-state index in [9.17, 15) is 4.79 Å². The SMILES string of the molecule is COC(CBr)C(=O)Nc1cc(C)c(SOOO)c(C)n1. The fourth-order valence-corrected chi connectivity index (χ4v) is 2.52. The van der Waals surface area contributed by atoms with Crippen LogP contribution in [0.15, 0.2) is 11.0 Å². The van der Waals surface area contributed by atoms with Crippen LogP contribution in [0.5, 0.6) is 0 Å². The molecule has 0 fully saturated rings. The van der Waals surface area contributed by atoms with Gasteiger partial charge in [-0.15, -0.1) is 4.33 Å². The number of carbonyl (C=O) groups excluding carboxylic acids is 1. The van der Waals surface area contributed by atoms with Crippen molar-refractivity contribution in [2.75, 3.05) is 17.8 Å². The number of ether oxygens (including phenoxy) is 1. The lowest BCUT2D eigenvalue weighted by molar-refractivity contribution is -0.432. The Balaban J connectivity index is 2.85. The number of anilines is 1. The van der Waals surface area contributed by atoms with Crippen LogP contribution in [0.2, 0.25) is 0 Å². The van der Waals surface area contributed by atoms with Gasteiger partial charge in [0, 0.05) is 12.4 Å². The quantitative estimate of drug-likeness (QED) is 0.331. The summed E-state index contributed by atoms with van der Waals surface area (Å²) < 4.78 is 9.41. The number of halogens is 1. The van der Waals surface area contributed by atoms with Crippen LogP contribution >= 0.6 is 28.0 Å². The second-order valence-electron chi connectivity index (χ2n) is 3.83. The molecule has 0 aromatic carbocycles. The molecule has 1 unspecified atom stereocenters. The largest absolute Gasteiger partial charge is 0.371 e. The van der Waals surface area contributed by atoms with E-state index in [2.05, 4.69) is 35.6 Å². The number of nitrogens with zero attached hydrogens (tertiary/aromatic N) is 1. The maximum absolute atomic E-state index is 11.9. The van der Waals surface area contributed by atoms with Gasteiger partial charge < -0.3 is 10.1 Å². The van der Waals surface area contributed by atoms with Crippen LogP contribution < -0.4 is 5.32 Å². The Morgan fingerprint density at radius 1 is 1.60 bits per heavy atom. The number of rotatable bonds is 7. The van der Waals surface area contributed by atoms with Gasteiger partial charge in [-0.25, -0.2) is 10.2 Å². The summed E-state index contributed by atoms with van der Waals surface area (Å²) in [7, 11) is 1.46. The number of aryl methyl sites for hydroxylation is 2. The molecule has 112 valence electrons. The van der Waals surface area contributed by atoms with E-state index >= 15 is 0 Å². The Bertz CT molecular complexity index is 447. The first kappa shape index (κ1) is 17.3. The predicted octanol–water partition coefficient (Wildman–Crippen LogP) is 2.48. The van der Waals surface area contributed by atoms with Crippen molar-refractivity contribution in [1.82, 2.24) is 4.98 Å². The van der Waals surface area contributed by atoms with E-state index in [1.54, 1.807) is 13.0 Å². The Kier molecular flexibility index (Phi) is 7.41. The number of alkyl halides is 1. The van der Waals surface area contributed by atoms with Gasteiger partial charge in [0.25, 0.3) is 5.91 Å². The van der Waals surface area contributed by atoms with Gasteiger partial charge in [0.05, 0.1) is 22.6 Å². The maximum atomic E-state index is 11.9. The first-order valence-corrected chi connectivity index (χ1v) is 7.42. The van der Waals surface area contributed by atoms with Crippen molar-refractivity contribution in [1.29, 1.82) is 0 Å². The van der Waals surface area contributed by atoms with Crippen molar-refractivity contribution in [3.05, 3.63) is 17.3 Å². The molecule has 0 aliphatic carbocycles. The van der Waals surface area contributed by atoms with E-state index < -0.39 is 6.10 Å². The first-order valence-electron chi connectivity index (χ1n) is 5.56. The second kappa shape index (κ2) is 8.55. The van der Waals surface area contributed by atoms with Gasteiger partial charge in [-0.3, -0.25) is 4.79 Å². The molecule has 0 radical (unpaired) electrons. The van der Waals surface area contributed by atoms with Crippen LogP contribution in [-0.4, -0.2) is 34.7 Å². The van der Waals surface area contributed by atoms with Crippen molar-refractivity contribution in [2.24, 2.45) is 0 Å². The lowest BCUT2D eigenvalue weighted by Crippen LogP contribution is -2.31. The third-order valence-electron chi connectivity index (χ3n) is 2.44. The summed E-state index contributed by atoms with van der Waals surface area (Å²) in [6, 6.07) is 1.69. The van der Waals surface area contributed by atoms with Crippen LogP contribution in [0.1, 0.15) is 11.3 Å². The number of amides is 1. The number of hydrogen-bond acceptors (Lipinski definition) is 7. The molecule has 1 atom stereocenters. The summed E-state index contributed by atoms with van der Waals surface area (Å²) in [6.45, 7) is 3.58. The zero-order chi connectivity index (χ0) is 15.1. The zero-order valence-corrected chi connectivity index (χ0v) is 13.6. The number of carbonyl (C=O) groups is 1. The third kappa shape index (κ3) is 4.69. The normalized spacial score (nSPS) is 12.2. The average molecular weight is 367 g/mol. The van der Waals surface area contributed by atoms with Gasteiger partial charge in [-0.05, 0) is 25.5 Å². The van der Waals surface area contributed by atoms with Gasteiger partial charge in [-0.2, -0.15) is 0 Å². The van der Waals surface area contributed by atoms with Gasteiger partial charge in [0.2, 0.25) is 0 Å². The highest BCUT2D eigenvalue weighted by Gasteiger charge is 2.18. The van der Waals surface area contributed by atoms with Crippen LogP contribution in [-0.2, 0) is 18.9 Å². The molecule has 7 nitrogen and oxygen atoms in total. The van der Waals surface area contributed by atoms with Crippen molar-refractivity contribution in [2.45, 2.75) is 24.8 Å². The molecule has 0 saturated carbocycles. The van der Waals surface area contributed by atoms with Crippen molar-refractivity contribution < 1.29 is 24.2 Å². The number of pyridine rings is 1. The Morgan fingerprint density at radius 3 is 2.80 bits per heavy atom. The molecule has 20 heavy (non-hydrogen) atoms. The Labute approximate surface area is 129 Å². The molecule has 1 aromatic heterocycles. The summed E-state index contributed by atoms with van der Waals surface area (Å²) >= 11 is 4.03. The smallest absolute Gasteiger partial charge is 0.255 e. The highest BCUT2D eigenvalue weighted by atomic mass is 79.9. The lowest BCUT2D eigenvalue weighted by atomic mass is 10.2. The van der Waals surface area contributed by atoms with Crippen LogP contribution in [0, 0.1) is 13.8 Å². The van der Waals surface area contributed by atoms with Crippen LogP contribution in [0.3, 0.4) is 0 Å². The van der Waals surface area contributed by atoms with E-state index in [0.29, 0.717) is 21.7 Å². The maximum Gasteiger partial charge on any atom is 0.255 e. The van der Waals surface area contributed by atoms with Gasteiger partial charge in [0.15, 0.2) is 0 Å². The van der Waals surface area contributed by atoms with Crippen molar-refractivity contribution in [3.8, 4) is 0 Å². The van der Waals surface area contributed by atoms with E-state index in [0.717, 1.165) is 17.6 Å². The third-order valence-corrected chi connectivity index (χ3v) is 3.95. The minimum absolute atomic E-state index is 0.286. The second-order valence-corrected chi connectivity index (χ2v) is 5.19. The van der Waals surface area contributed by atoms with Gasteiger partial charge in [0.1, 0.15) is 11.9 Å². The molecule has 1 heterocycles. The molecular formula is C11H15BrN2O5S. The van der Waals surface area contributed by atoms with Crippen LogP contribution in [0.25, 0.3) is 0 Å². The number of nitrogens with one attached hydrogen (secondary N) is 1. The monoisotopic (exact) mass is 366 g/mol. The number of hydrogen-bond donors (Lipinski definition) is 2. The standard InChI is InChI=1S/C11H15BrN2O5S/c1-6-4-9(14-11(15)8(5-12)17-3)13-7(2)10(6)20-19-18-16/h4,8,16H,5H2,1-3H3,(H,13,14,15). The van der Waals surface area contributed by atoms with E-state index in [1.165, 1.54) is 7.11 Å². The molecule has 0 saturated heterocycles. The van der Waals surface area contributed by atoms with Gasteiger partial charge >= 0.3 is 0 Å². The summed E-state index contributed by atoms with van der Waals surface area (Å²) in [5, 5.41) is 14.8. The summed E-state index contributed by atoms with van der Waals surface area (Å²) in [6.07, 6.45) is -0.586. The zero-order valence-electron chi connectivity index (χ0n) is 11.2. The molecule has 1 amide bonds. The van der Waals surface area contributed by atoms with Gasteiger partial charge in [-0.1, -0.05) is 21.0 Å². The molecule has 0 spiro atoms.